The molecule has 1 fully saturated rings. The van der Waals surface area contributed by atoms with Gasteiger partial charge in [0.1, 0.15) is 0 Å². The van der Waals surface area contributed by atoms with Crippen molar-refractivity contribution in [3.05, 3.63) is 58.5 Å². The summed E-state index contributed by atoms with van der Waals surface area (Å²) in [5.41, 5.74) is 2.33. The number of aromatic nitrogens is 2. The number of piperidine rings is 1. The Labute approximate surface area is 173 Å². The maximum absolute atomic E-state index is 12.2. The van der Waals surface area contributed by atoms with Gasteiger partial charge in [-0.3, -0.25) is 19.1 Å². The van der Waals surface area contributed by atoms with Crippen molar-refractivity contribution in [3.63, 3.8) is 0 Å². The van der Waals surface area contributed by atoms with E-state index in [0.29, 0.717) is 24.2 Å². The van der Waals surface area contributed by atoms with Gasteiger partial charge in [-0.2, -0.15) is 0 Å². The maximum atomic E-state index is 12.2. The molecule has 4 heterocycles. The molecule has 8 heteroatoms. The van der Waals surface area contributed by atoms with E-state index in [1.165, 1.54) is 6.92 Å². The van der Waals surface area contributed by atoms with Crippen LogP contribution in [0.5, 0.6) is 5.88 Å². The highest BCUT2D eigenvalue weighted by Crippen LogP contribution is 2.40. The van der Waals surface area contributed by atoms with Gasteiger partial charge >= 0.3 is 0 Å². The molecule has 1 N–H and O–H groups in total. The van der Waals surface area contributed by atoms with Crippen LogP contribution in [0.4, 0.5) is 5.69 Å². The molecule has 3 aromatic rings. The summed E-state index contributed by atoms with van der Waals surface area (Å²) in [6.45, 7) is 4.24. The first-order chi connectivity index (χ1) is 14.5. The summed E-state index contributed by atoms with van der Waals surface area (Å²) in [7, 11) is 0. The fourth-order valence-electron chi connectivity index (χ4n) is 4.94. The molecule has 2 atom stereocenters. The molecule has 0 unspecified atom stereocenters. The Bertz CT molecular complexity index is 1230. The lowest BCUT2D eigenvalue weighted by atomic mass is 9.83. The standard InChI is InChI=1S/C22H23N5O3/c1-14(28)23-24-21-17-5-2-3-6-19(17)27(22(21)30)13-25-10-15-9-16(12-25)18-7-4-8-20(29)26(18)11-15/h2-8,15-16,30H,9-13H2,1H3/t15-,16+/m0/s1. The van der Waals surface area contributed by atoms with Crippen molar-refractivity contribution in [2.75, 3.05) is 13.1 Å². The molecule has 0 aliphatic carbocycles. The Hall–Kier alpha value is -3.26. The van der Waals surface area contributed by atoms with Crippen LogP contribution in [0.2, 0.25) is 0 Å². The van der Waals surface area contributed by atoms with Crippen molar-refractivity contribution < 1.29 is 9.90 Å². The number of carbonyl (C=O) groups excluding carboxylic acids is 1. The summed E-state index contributed by atoms with van der Waals surface area (Å²) >= 11 is 0. The van der Waals surface area contributed by atoms with Crippen LogP contribution < -0.4 is 5.56 Å². The molecule has 1 aromatic carbocycles. The fraction of sp³-hybridized carbons (Fsp3) is 0.364. The zero-order valence-corrected chi connectivity index (χ0v) is 16.7. The lowest BCUT2D eigenvalue weighted by Crippen LogP contribution is -2.47. The molecule has 30 heavy (non-hydrogen) atoms. The van der Waals surface area contributed by atoms with E-state index < -0.39 is 5.91 Å². The molecule has 5 rings (SSSR count). The van der Waals surface area contributed by atoms with Gasteiger partial charge in [-0.1, -0.05) is 24.3 Å². The Morgan fingerprint density at radius 1 is 1.13 bits per heavy atom. The Balaban J connectivity index is 1.48. The number of rotatable bonds is 3. The molecule has 2 aliphatic rings. The van der Waals surface area contributed by atoms with Crippen LogP contribution in [-0.4, -0.2) is 38.1 Å². The van der Waals surface area contributed by atoms with E-state index in [0.717, 1.165) is 42.7 Å². The van der Waals surface area contributed by atoms with Crippen LogP contribution in [0.1, 0.15) is 25.0 Å². The van der Waals surface area contributed by atoms with Crippen molar-refractivity contribution in [1.29, 1.82) is 0 Å². The SMILES string of the molecule is CC(=O)N=Nc1c(O)n(CN2C[C@@H]3C[C@H](C2)c2cccc(=O)n2C3)c2ccccc12. The summed E-state index contributed by atoms with van der Waals surface area (Å²) in [5.74, 6) is 0.293. The molecule has 1 saturated heterocycles. The summed E-state index contributed by atoms with van der Waals surface area (Å²) in [4.78, 5) is 25.8. The molecular weight excluding hydrogens is 382 g/mol. The predicted octanol–water partition coefficient (Wildman–Crippen LogP) is 3.22. The largest absolute Gasteiger partial charge is 0.493 e. The summed E-state index contributed by atoms with van der Waals surface area (Å²) < 4.78 is 3.74. The summed E-state index contributed by atoms with van der Waals surface area (Å²) in [6.07, 6.45) is 1.08. The zero-order valence-electron chi connectivity index (χ0n) is 16.7. The number of nitrogens with zero attached hydrogens (tertiary/aromatic N) is 5. The third-order valence-corrected chi connectivity index (χ3v) is 6.11. The van der Waals surface area contributed by atoms with Gasteiger partial charge in [0.2, 0.25) is 5.88 Å². The molecule has 0 spiro atoms. The van der Waals surface area contributed by atoms with Crippen molar-refractivity contribution in [2.45, 2.75) is 32.5 Å². The molecule has 2 aromatic heterocycles. The van der Waals surface area contributed by atoms with Gasteiger partial charge in [0.25, 0.3) is 11.5 Å². The third kappa shape index (κ3) is 3.13. The monoisotopic (exact) mass is 405 g/mol. The number of pyridine rings is 1. The summed E-state index contributed by atoms with van der Waals surface area (Å²) in [5, 5.41) is 19.2. The first-order valence-corrected chi connectivity index (χ1v) is 10.2. The second-order valence-electron chi connectivity index (χ2n) is 8.21. The first kappa shape index (κ1) is 18.7. The Morgan fingerprint density at radius 2 is 1.97 bits per heavy atom. The van der Waals surface area contributed by atoms with Crippen molar-refractivity contribution in [2.24, 2.45) is 16.1 Å². The van der Waals surface area contributed by atoms with Crippen LogP contribution in [0.25, 0.3) is 10.9 Å². The minimum atomic E-state index is -0.413. The molecular formula is C22H23N5O3. The molecule has 1 amide bonds. The number of likely N-dealkylation sites (tertiary alicyclic amines) is 1. The van der Waals surface area contributed by atoms with Gasteiger partial charge in [-0.15, -0.1) is 10.2 Å². The summed E-state index contributed by atoms with van der Waals surface area (Å²) in [6, 6.07) is 13.1. The number of para-hydroxylation sites is 1. The number of benzene rings is 1. The number of hydrogen-bond donors (Lipinski definition) is 1. The van der Waals surface area contributed by atoms with Crippen LogP contribution in [0, 0.1) is 5.92 Å². The molecule has 0 saturated carbocycles. The van der Waals surface area contributed by atoms with E-state index in [1.54, 1.807) is 6.07 Å². The molecule has 2 aliphatic heterocycles. The van der Waals surface area contributed by atoms with E-state index in [4.69, 9.17) is 0 Å². The third-order valence-electron chi connectivity index (χ3n) is 6.11. The number of aromatic hydroxyl groups is 1. The van der Waals surface area contributed by atoms with E-state index in [-0.39, 0.29) is 11.4 Å². The van der Waals surface area contributed by atoms with Gasteiger partial charge in [-0.25, -0.2) is 0 Å². The normalized spacial score (nSPS) is 21.2. The Kier molecular flexibility index (Phi) is 4.51. The highest BCUT2D eigenvalue weighted by Gasteiger charge is 2.35. The zero-order chi connectivity index (χ0) is 20.8. The van der Waals surface area contributed by atoms with Gasteiger partial charge in [0, 0.05) is 49.6 Å². The number of amides is 1. The maximum Gasteiger partial charge on any atom is 0.261 e. The molecule has 2 bridgehead atoms. The average molecular weight is 405 g/mol. The van der Waals surface area contributed by atoms with Gasteiger partial charge in [0.05, 0.1) is 12.2 Å². The van der Waals surface area contributed by atoms with Crippen LogP contribution in [0.3, 0.4) is 0 Å². The van der Waals surface area contributed by atoms with E-state index in [9.17, 15) is 14.7 Å². The quantitative estimate of drug-likeness (QED) is 0.677. The number of hydrogen-bond acceptors (Lipinski definition) is 5. The number of carbonyl (C=O) groups is 1. The smallest absolute Gasteiger partial charge is 0.261 e. The van der Waals surface area contributed by atoms with Crippen LogP contribution in [-0.2, 0) is 18.0 Å². The molecule has 8 nitrogen and oxygen atoms in total. The number of azo groups is 1. The fourth-order valence-corrected chi connectivity index (χ4v) is 4.94. The lowest BCUT2D eigenvalue weighted by Gasteiger charge is -2.42. The molecule has 0 radical (unpaired) electrons. The molecule has 154 valence electrons. The second-order valence-corrected chi connectivity index (χ2v) is 8.21. The minimum absolute atomic E-state index is 0.00792. The average Bonchev–Trinajstić information content (AvgIpc) is 2.98. The first-order valence-electron chi connectivity index (χ1n) is 10.2. The van der Waals surface area contributed by atoms with Gasteiger partial charge in [-0.05, 0) is 24.5 Å². The topological polar surface area (TPSA) is 92.2 Å². The van der Waals surface area contributed by atoms with E-state index in [2.05, 4.69) is 21.2 Å². The van der Waals surface area contributed by atoms with E-state index in [1.807, 2.05) is 39.5 Å². The highest BCUT2D eigenvalue weighted by molar-refractivity contribution is 5.95. The highest BCUT2D eigenvalue weighted by atomic mass is 16.3. The van der Waals surface area contributed by atoms with Crippen molar-refractivity contribution in [3.8, 4) is 5.88 Å². The predicted molar refractivity (Wildman–Crippen MR) is 112 cm³/mol. The van der Waals surface area contributed by atoms with Gasteiger partial charge < -0.3 is 9.67 Å². The Morgan fingerprint density at radius 3 is 2.80 bits per heavy atom. The van der Waals surface area contributed by atoms with Crippen LogP contribution in [0.15, 0.2) is 57.5 Å². The van der Waals surface area contributed by atoms with E-state index >= 15 is 0 Å². The van der Waals surface area contributed by atoms with Gasteiger partial charge in [0.15, 0.2) is 5.69 Å². The van der Waals surface area contributed by atoms with Crippen LogP contribution >= 0.6 is 0 Å². The minimum Gasteiger partial charge on any atom is -0.493 e. The van der Waals surface area contributed by atoms with Crippen molar-refractivity contribution >= 4 is 22.5 Å². The van der Waals surface area contributed by atoms with Crippen molar-refractivity contribution in [1.82, 2.24) is 14.0 Å². The number of fused-ring (bicyclic) bond motifs is 5. The second kappa shape index (κ2) is 7.21. The lowest BCUT2D eigenvalue weighted by molar-refractivity contribution is -0.116.